The van der Waals surface area contributed by atoms with Crippen LogP contribution in [-0.2, 0) is 11.3 Å². The van der Waals surface area contributed by atoms with E-state index in [-0.39, 0.29) is 5.92 Å². The molecule has 190 valence electrons. The lowest BCUT2D eigenvalue weighted by molar-refractivity contribution is -0.126. The molecular formula is C28H45N3O3. The Hall–Kier alpha value is -1.63. The molecule has 0 spiro atoms. The van der Waals surface area contributed by atoms with Crippen molar-refractivity contribution in [3.05, 3.63) is 28.8 Å². The monoisotopic (exact) mass is 471 g/mol. The summed E-state index contributed by atoms with van der Waals surface area (Å²) in [5.74, 6) is 1.44. The number of nitrogens with one attached hydrogen (secondary N) is 1. The van der Waals surface area contributed by atoms with Crippen molar-refractivity contribution in [1.29, 1.82) is 0 Å². The Bertz CT molecular complexity index is 824. The van der Waals surface area contributed by atoms with Gasteiger partial charge in [0.05, 0.1) is 0 Å². The summed E-state index contributed by atoms with van der Waals surface area (Å²) in [6.45, 7) is 9.21. The highest BCUT2D eigenvalue weighted by molar-refractivity contribution is 5.79. The van der Waals surface area contributed by atoms with Crippen LogP contribution in [0.4, 0.5) is 0 Å². The molecule has 6 nitrogen and oxygen atoms in total. The number of hydrogen-bond donors (Lipinski definition) is 2. The fourth-order valence-corrected chi connectivity index (χ4v) is 6.26. The maximum Gasteiger partial charge on any atom is 0.223 e. The second-order valence-electron chi connectivity index (χ2n) is 11.0. The summed E-state index contributed by atoms with van der Waals surface area (Å²) in [4.78, 5) is 17.4. The molecule has 2 heterocycles. The lowest BCUT2D eigenvalue weighted by Gasteiger charge is -2.40. The molecule has 2 bridgehead atoms. The SMILES string of the molecule is CCN(C)C[C@H](O)COc1ccc(CN2C3CCC2CC(NC(=O)C2CCCC2)C3)c(C)c1C. The fourth-order valence-electron chi connectivity index (χ4n) is 6.26. The van der Waals surface area contributed by atoms with Gasteiger partial charge in [0.1, 0.15) is 18.5 Å². The van der Waals surface area contributed by atoms with Crippen molar-refractivity contribution in [2.24, 2.45) is 5.92 Å². The van der Waals surface area contributed by atoms with E-state index < -0.39 is 6.10 Å². The number of amides is 1. The van der Waals surface area contributed by atoms with E-state index in [9.17, 15) is 9.90 Å². The van der Waals surface area contributed by atoms with Gasteiger partial charge < -0.3 is 20.1 Å². The van der Waals surface area contributed by atoms with Crippen LogP contribution >= 0.6 is 0 Å². The Morgan fingerprint density at radius 3 is 2.47 bits per heavy atom. The van der Waals surface area contributed by atoms with Gasteiger partial charge in [0.15, 0.2) is 0 Å². The highest BCUT2D eigenvalue weighted by atomic mass is 16.5. The molecule has 0 aromatic heterocycles. The minimum absolute atomic E-state index is 0.260. The van der Waals surface area contributed by atoms with E-state index in [4.69, 9.17) is 4.74 Å². The summed E-state index contributed by atoms with van der Waals surface area (Å²) >= 11 is 0. The predicted octanol–water partition coefficient (Wildman–Crippen LogP) is 3.80. The quantitative estimate of drug-likeness (QED) is 0.544. The molecule has 1 amide bonds. The number of ether oxygens (including phenoxy) is 1. The largest absolute Gasteiger partial charge is 0.491 e. The first kappa shape index (κ1) is 25.5. The van der Waals surface area contributed by atoms with Crippen molar-refractivity contribution in [3.8, 4) is 5.75 Å². The number of nitrogens with zero attached hydrogens (tertiary/aromatic N) is 2. The Morgan fingerprint density at radius 2 is 1.82 bits per heavy atom. The average molecular weight is 472 g/mol. The molecule has 2 aliphatic heterocycles. The first-order chi connectivity index (χ1) is 16.4. The summed E-state index contributed by atoms with van der Waals surface area (Å²) in [7, 11) is 2.01. The van der Waals surface area contributed by atoms with E-state index in [0.717, 1.165) is 44.5 Å². The van der Waals surface area contributed by atoms with Gasteiger partial charge in [-0.25, -0.2) is 0 Å². The van der Waals surface area contributed by atoms with Gasteiger partial charge in [0.25, 0.3) is 0 Å². The number of carbonyl (C=O) groups is 1. The minimum atomic E-state index is -0.490. The van der Waals surface area contributed by atoms with Crippen LogP contribution in [0.2, 0.25) is 0 Å². The molecule has 3 fully saturated rings. The molecule has 1 saturated carbocycles. The lowest BCUT2D eigenvalue weighted by atomic mass is 9.94. The topological polar surface area (TPSA) is 65.0 Å². The Balaban J connectivity index is 1.32. The summed E-state index contributed by atoms with van der Waals surface area (Å²) < 4.78 is 5.99. The van der Waals surface area contributed by atoms with E-state index in [1.165, 1.54) is 42.4 Å². The van der Waals surface area contributed by atoms with Crippen LogP contribution in [0.15, 0.2) is 12.1 Å². The van der Waals surface area contributed by atoms with Crippen LogP contribution in [0.3, 0.4) is 0 Å². The van der Waals surface area contributed by atoms with E-state index in [1.54, 1.807) is 0 Å². The number of fused-ring (bicyclic) bond motifs is 2. The molecule has 3 aliphatic rings. The van der Waals surface area contributed by atoms with Crippen LogP contribution in [0, 0.1) is 19.8 Å². The summed E-state index contributed by atoms with van der Waals surface area (Å²) in [5.41, 5.74) is 3.81. The van der Waals surface area contributed by atoms with Gasteiger partial charge in [-0.2, -0.15) is 0 Å². The van der Waals surface area contributed by atoms with Gasteiger partial charge in [0.2, 0.25) is 5.91 Å². The summed E-state index contributed by atoms with van der Waals surface area (Å²) in [5, 5.41) is 13.7. The van der Waals surface area contributed by atoms with Crippen molar-refractivity contribution >= 4 is 5.91 Å². The normalized spacial score (nSPS) is 26.2. The summed E-state index contributed by atoms with van der Waals surface area (Å²) in [6, 6.07) is 5.75. The van der Waals surface area contributed by atoms with E-state index >= 15 is 0 Å². The van der Waals surface area contributed by atoms with Gasteiger partial charge in [0, 0.05) is 37.1 Å². The molecule has 2 unspecified atom stereocenters. The van der Waals surface area contributed by atoms with Crippen LogP contribution in [0.5, 0.6) is 5.75 Å². The molecule has 1 aliphatic carbocycles. The maximum absolute atomic E-state index is 12.6. The Labute approximate surface area is 206 Å². The van der Waals surface area contributed by atoms with Crippen LogP contribution < -0.4 is 10.1 Å². The van der Waals surface area contributed by atoms with Crippen molar-refractivity contribution in [2.75, 3.05) is 26.7 Å². The summed E-state index contributed by atoms with van der Waals surface area (Å²) in [6.07, 6.45) is 8.72. The smallest absolute Gasteiger partial charge is 0.223 e. The molecule has 2 N–H and O–H groups in total. The first-order valence-electron chi connectivity index (χ1n) is 13.5. The second-order valence-corrected chi connectivity index (χ2v) is 11.0. The van der Waals surface area contributed by atoms with Crippen LogP contribution in [0.1, 0.15) is 75.0 Å². The molecule has 34 heavy (non-hydrogen) atoms. The molecule has 0 radical (unpaired) electrons. The molecule has 3 atom stereocenters. The van der Waals surface area contributed by atoms with E-state index in [2.05, 4.69) is 48.0 Å². The zero-order valence-corrected chi connectivity index (χ0v) is 21.7. The van der Waals surface area contributed by atoms with Gasteiger partial charge in [-0.1, -0.05) is 25.8 Å². The number of carbonyl (C=O) groups excluding carboxylic acids is 1. The van der Waals surface area contributed by atoms with E-state index in [0.29, 0.717) is 37.2 Å². The zero-order valence-electron chi connectivity index (χ0n) is 21.7. The molecular weight excluding hydrogens is 426 g/mol. The molecule has 6 heteroatoms. The lowest BCUT2D eigenvalue weighted by Crippen LogP contribution is -2.50. The van der Waals surface area contributed by atoms with Gasteiger partial charge >= 0.3 is 0 Å². The Morgan fingerprint density at radius 1 is 1.15 bits per heavy atom. The molecule has 1 aromatic rings. The number of likely N-dealkylation sites (N-methyl/N-ethyl adjacent to an activating group) is 1. The highest BCUT2D eigenvalue weighted by Crippen LogP contribution is 2.38. The average Bonchev–Trinajstić information content (AvgIpc) is 3.43. The second kappa shape index (κ2) is 11.4. The molecule has 1 aromatic carbocycles. The molecule has 4 rings (SSSR count). The number of rotatable bonds is 10. The van der Waals surface area contributed by atoms with Gasteiger partial charge in [-0.3, -0.25) is 9.69 Å². The van der Waals surface area contributed by atoms with Crippen molar-refractivity contribution < 1.29 is 14.6 Å². The number of hydrogen-bond acceptors (Lipinski definition) is 5. The number of benzene rings is 1. The third-order valence-corrected chi connectivity index (χ3v) is 8.65. The van der Waals surface area contributed by atoms with Crippen molar-refractivity contribution in [1.82, 2.24) is 15.1 Å². The minimum Gasteiger partial charge on any atom is -0.491 e. The third-order valence-electron chi connectivity index (χ3n) is 8.65. The van der Waals surface area contributed by atoms with Gasteiger partial charge in [-0.05, 0) is 88.7 Å². The number of aliphatic hydroxyl groups excluding tert-OH is 1. The third kappa shape index (κ3) is 5.95. The number of piperidine rings is 1. The zero-order chi connectivity index (χ0) is 24.2. The predicted molar refractivity (Wildman–Crippen MR) is 136 cm³/mol. The molecule has 2 saturated heterocycles. The first-order valence-corrected chi connectivity index (χ1v) is 13.5. The van der Waals surface area contributed by atoms with Crippen molar-refractivity contribution in [2.45, 2.75) is 103 Å². The maximum atomic E-state index is 12.6. The van der Waals surface area contributed by atoms with E-state index in [1.807, 2.05) is 7.05 Å². The van der Waals surface area contributed by atoms with Crippen molar-refractivity contribution in [3.63, 3.8) is 0 Å². The van der Waals surface area contributed by atoms with Crippen LogP contribution in [0.25, 0.3) is 0 Å². The van der Waals surface area contributed by atoms with Gasteiger partial charge in [-0.15, -0.1) is 0 Å². The Kier molecular flexibility index (Phi) is 8.54. The fraction of sp³-hybridized carbons (Fsp3) is 0.750. The number of aliphatic hydroxyl groups is 1. The standard InChI is InChI=1S/C28H45N3O3/c1-5-30(4)17-26(32)18-34-27-13-10-22(19(2)20(27)3)16-31-24-11-12-25(31)15-23(14-24)29-28(33)21-8-6-7-9-21/h10,13,21,23-26,32H,5-9,11-12,14-18H2,1-4H3,(H,29,33)/t23?,24?,25?,26-/m0/s1. The highest BCUT2D eigenvalue weighted by Gasteiger charge is 2.41. The van der Waals surface area contributed by atoms with Crippen LogP contribution in [-0.4, -0.2) is 71.8 Å².